The van der Waals surface area contributed by atoms with Crippen LogP contribution in [0.2, 0.25) is 0 Å². The number of aliphatic hydroxyl groups excluding tert-OH is 1. The Morgan fingerprint density at radius 3 is 2.23 bits per heavy atom. The topological polar surface area (TPSA) is 192 Å². The first kappa shape index (κ1) is 34.8. The summed E-state index contributed by atoms with van der Waals surface area (Å²) in [7, 11) is 0. The average Bonchev–Trinajstić information content (AvgIpc) is 2.86. The highest BCUT2D eigenvalue weighted by Crippen LogP contribution is 2.22. The van der Waals surface area contributed by atoms with Crippen molar-refractivity contribution >= 4 is 29.5 Å². The maximum absolute atomic E-state index is 13.4. The number of nitrogens with one attached hydrogen (secondary N) is 4. The van der Waals surface area contributed by atoms with Gasteiger partial charge in [-0.15, -0.1) is 0 Å². The Kier molecular flexibility index (Phi) is 15.2. The highest BCUT2D eigenvalue weighted by molar-refractivity contribution is 5.98. The summed E-state index contributed by atoms with van der Waals surface area (Å²) >= 11 is 0. The number of carboxylic acid groups (broad SMARTS) is 1. The molecule has 0 aliphatic heterocycles. The van der Waals surface area contributed by atoms with Gasteiger partial charge in [-0.3, -0.25) is 14.4 Å². The molecule has 1 aromatic carbocycles. The minimum absolute atomic E-state index is 0.0331. The van der Waals surface area contributed by atoms with Crippen molar-refractivity contribution in [2.24, 2.45) is 17.6 Å². The van der Waals surface area contributed by atoms with Crippen LogP contribution < -0.4 is 27.0 Å². The molecule has 12 heteroatoms. The number of benzene rings is 1. The van der Waals surface area contributed by atoms with E-state index in [2.05, 4.69) is 21.3 Å². The molecule has 0 saturated heterocycles. The quantitative estimate of drug-likeness (QED) is 0.104. The summed E-state index contributed by atoms with van der Waals surface area (Å²) in [4.78, 5) is 48.9. The zero-order valence-corrected chi connectivity index (χ0v) is 24.5. The molecule has 0 bridgehead atoms. The Morgan fingerprint density at radius 2 is 1.68 bits per heavy atom. The molecule has 40 heavy (non-hydrogen) atoms. The first-order valence-electron chi connectivity index (χ1n) is 13.7. The van der Waals surface area contributed by atoms with Crippen LogP contribution in [0.15, 0.2) is 18.2 Å². The Hall–Kier alpha value is -3.22. The van der Waals surface area contributed by atoms with E-state index in [9.17, 15) is 29.4 Å². The van der Waals surface area contributed by atoms with Gasteiger partial charge in [0.15, 0.2) is 6.29 Å². The molecular formula is C28H47N5O7. The maximum atomic E-state index is 13.4. The third-order valence-corrected chi connectivity index (χ3v) is 6.09. The molecule has 1 rings (SSSR count). The molecule has 8 N–H and O–H groups in total. The average molecular weight is 566 g/mol. The van der Waals surface area contributed by atoms with E-state index in [0.29, 0.717) is 23.2 Å². The van der Waals surface area contributed by atoms with Gasteiger partial charge in [-0.2, -0.15) is 0 Å². The first-order chi connectivity index (χ1) is 18.7. The number of primary amides is 1. The lowest BCUT2D eigenvalue weighted by Gasteiger charge is -2.27. The molecule has 0 aliphatic carbocycles. The van der Waals surface area contributed by atoms with E-state index in [-0.39, 0.29) is 56.2 Å². The van der Waals surface area contributed by atoms with Gasteiger partial charge in [-0.1, -0.05) is 53.7 Å². The molecule has 0 aliphatic rings. The van der Waals surface area contributed by atoms with E-state index < -0.39 is 36.3 Å². The number of ether oxygens (including phenoxy) is 1. The smallest absolute Gasteiger partial charge is 0.312 e. The molecule has 1 unspecified atom stereocenters. The van der Waals surface area contributed by atoms with Crippen LogP contribution in [0, 0.1) is 11.8 Å². The Labute approximate surface area is 236 Å². The van der Waals surface area contributed by atoms with Crippen LogP contribution in [0.4, 0.5) is 10.5 Å². The van der Waals surface area contributed by atoms with Gasteiger partial charge in [0.05, 0.1) is 12.6 Å². The summed E-state index contributed by atoms with van der Waals surface area (Å²) in [6, 6.07) is 3.03. The Balaban J connectivity index is 3.16. The molecule has 0 radical (unpaired) electrons. The predicted molar refractivity (Wildman–Crippen MR) is 152 cm³/mol. The largest absolute Gasteiger partial charge is 0.481 e. The van der Waals surface area contributed by atoms with Gasteiger partial charge in [0.25, 0.3) is 0 Å². The van der Waals surface area contributed by atoms with Gasteiger partial charge in [-0.25, -0.2) is 4.79 Å². The second-order valence-electron chi connectivity index (χ2n) is 10.9. The lowest BCUT2D eigenvalue weighted by molar-refractivity contribution is -0.137. The molecule has 0 saturated carbocycles. The molecular weight excluding hydrogens is 518 g/mol. The number of nitrogens with two attached hydrogens (primary N) is 1. The summed E-state index contributed by atoms with van der Waals surface area (Å²) in [5, 5.41) is 30.6. The second kappa shape index (κ2) is 17.5. The van der Waals surface area contributed by atoms with Crippen LogP contribution in [0.5, 0.6) is 0 Å². The number of carboxylic acids is 1. The van der Waals surface area contributed by atoms with Crippen molar-refractivity contribution in [3.05, 3.63) is 29.3 Å². The van der Waals surface area contributed by atoms with Gasteiger partial charge >= 0.3 is 12.0 Å². The summed E-state index contributed by atoms with van der Waals surface area (Å²) in [5.41, 5.74) is 6.83. The number of anilines is 1. The number of aliphatic hydroxyl groups is 1. The number of aryl methyl sites for hydroxylation is 1. The monoisotopic (exact) mass is 565 g/mol. The van der Waals surface area contributed by atoms with Crippen LogP contribution in [0.3, 0.4) is 0 Å². The molecule has 3 atom stereocenters. The minimum Gasteiger partial charge on any atom is -0.481 e. The van der Waals surface area contributed by atoms with E-state index in [4.69, 9.17) is 10.5 Å². The fourth-order valence-electron chi connectivity index (χ4n) is 3.88. The zero-order chi connectivity index (χ0) is 30.4. The summed E-state index contributed by atoms with van der Waals surface area (Å²) in [6.45, 7) is 11.7. The molecule has 226 valence electrons. The van der Waals surface area contributed by atoms with Crippen LogP contribution in [0.1, 0.15) is 71.9 Å². The Bertz CT molecular complexity index is 984. The van der Waals surface area contributed by atoms with Gasteiger partial charge in [0, 0.05) is 30.6 Å². The fourth-order valence-corrected chi connectivity index (χ4v) is 3.88. The SMILES string of the molecule is CC(C)N[C@H](C(=O)N[C@@H](CCCNC(N)=O)C(=O)Nc1ccc(COC(O)C(C)C)cc1CCC(=O)O)C(C)C. The molecule has 0 aromatic heterocycles. The van der Waals surface area contributed by atoms with E-state index in [0.717, 1.165) is 0 Å². The molecule has 0 heterocycles. The van der Waals surface area contributed by atoms with Crippen molar-refractivity contribution in [2.45, 2.75) is 98.2 Å². The van der Waals surface area contributed by atoms with Gasteiger partial charge in [0.2, 0.25) is 11.8 Å². The van der Waals surface area contributed by atoms with Crippen LogP contribution in [-0.4, -0.2) is 65.0 Å². The number of carbonyl (C=O) groups is 4. The lowest BCUT2D eigenvalue weighted by Crippen LogP contribution is -2.54. The number of amides is 4. The maximum Gasteiger partial charge on any atom is 0.312 e. The first-order valence-corrected chi connectivity index (χ1v) is 13.7. The number of rotatable bonds is 18. The van der Waals surface area contributed by atoms with Crippen molar-refractivity contribution in [3.63, 3.8) is 0 Å². The second-order valence-corrected chi connectivity index (χ2v) is 10.9. The van der Waals surface area contributed by atoms with E-state index in [1.807, 2.05) is 41.5 Å². The van der Waals surface area contributed by atoms with Gasteiger partial charge < -0.3 is 42.0 Å². The highest BCUT2D eigenvalue weighted by Gasteiger charge is 2.28. The number of aliphatic carboxylic acids is 1. The third-order valence-electron chi connectivity index (χ3n) is 6.09. The van der Waals surface area contributed by atoms with Crippen molar-refractivity contribution in [2.75, 3.05) is 11.9 Å². The van der Waals surface area contributed by atoms with Crippen molar-refractivity contribution < 1.29 is 34.1 Å². The van der Waals surface area contributed by atoms with Gasteiger partial charge in [0.1, 0.15) is 6.04 Å². The molecule has 1 aromatic rings. The van der Waals surface area contributed by atoms with Crippen LogP contribution >= 0.6 is 0 Å². The fraction of sp³-hybridized carbons (Fsp3) is 0.643. The van der Waals surface area contributed by atoms with Crippen molar-refractivity contribution in [1.82, 2.24) is 16.0 Å². The normalized spacial score (nSPS) is 13.7. The minimum atomic E-state index is -0.987. The lowest BCUT2D eigenvalue weighted by atomic mass is 10.0. The van der Waals surface area contributed by atoms with Crippen molar-refractivity contribution in [1.29, 1.82) is 0 Å². The standard InChI is InChI=1S/C28H47N5O7/c1-16(2)24(31-18(5)6)26(37)33-22(8-7-13-30-28(29)39)25(36)32-21-11-9-19(15-40-27(38)17(3)4)14-20(21)10-12-23(34)35/h9,11,14,16-18,22,24,27,31,38H,7-8,10,12-13,15H2,1-6H3,(H,32,36)(H,33,37)(H,34,35)(H3,29,30,39)/t22-,24-,27?/m0/s1. The van der Waals surface area contributed by atoms with Crippen molar-refractivity contribution in [3.8, 4) is 0 Å². The number of carbonyl (C=O) groups excluding carboxylic acids is 3. The van der Waals surface area contributed by atoms with Crippen LogP contribution in [-0.2, 0) is 32.1 Å². The number of hydrogen-bond acceptors (Lipinski definition) is 7. The molecule has 12 nitrogen and oxygen atoms in total. The molecule has 4 amide bonds. The number of hydrogen-bond donors (Lipinski definition) is 7. The predicted octanol–water partition coefficient (Wildman–Crippen LogP) is 2.09. The molecule has 0 spiro atoms. The van der Waals surface area contributed by atoms with E-state index >= 15 is 0 Å². The van der Waals surface area contributed by atoms with E-state index in [1.165, 1.54) is 0 Å². The highest BCUT2D eigenvalue weighted by atomic mass is 16.6. The summed E-state index contributed by atoms with van der Waals surface area (Å²) in [6.07, 6.45) is -0.342. The Morgan fingerprint density at radius 1 is 1.00 bits per heavy atom. The molecule has 0 fully saturated rings. The van der Waals surface area contributed by atoms with E-state index in [1.54, 1.807) is 18.2 Å². The summed E-state index contributed by atoms with van der Waals surface area (Å²) < 4.78 is 5.47. The van der Waals surface area contributed by atoms with Crippen LogP contribution in [0.25, 0.3) is 0 Å². The number of urea groups is 1. The third kappa shape index (κ3) is 13.2. The zero-order valence-electron chi connectivity index (χ0n) is 24.5. The van der Waals surface area contributed by atoms with Gasteiger partial charge in [-0.05, 0) is 42.4 Å². The summed E-state index contributed by atoms with van der Waals surface area (Å²) in [5.74, 6) is -1.92.